The molecule has 2 heterocycles. The summed E-state index contributed by atoms with van der Waals surface area (Å²) in [5, 5.41) is 1.25. The summed E-state index contributed by atoms with van der Waals surface area (Å²) in [5.74, 6) is 1.02. The largest absolute Gasteiger partial charge is 0.399 e. The number of aromatic nitrogens is 3. The molecule has 0 saturated heterocycles. The lowest BCUT2D eigenvalue weighted by atomic mass is 10.2. The van der Waals surface area contributed by atoms with Crippen LogP contribution in [0.3, 0.4) is 0 Å². The van der Waals surface area contributed by atoms with Crippen LogP contribution in [0.25, 0.3) is 21.9 Å². The van der Waals surface area contributed by atoms with Gasteiger partial charge in [0.25, 0.3) is 0 Å². The number of benzene rings is 2. The Kier molecular flexibility index (Phi) is 2.51. The van der Waals surface area contributed by atoms with Gasteiger partial charge in [0.2, 0.25) is 0 Å². The molecule has 0 atom stereocenters. The van der Waals surface area contributed by atoms with E-state index in [1.807, 2.05) is 25.2 Å². The highest BCUT2D eigenvalue weighted by molar-refractivity contribution is 5.81. The lowest BCUT2D eigenvalue weighted by Crippen LogP contribution is -2.04. The molecule has 0 unspecified atom stereocenters. The van der Waals surface area contributed by atoms with Crippen molar-refractivity contribution in [1.82, 2.24) is 14.1 Å². The van der Waals surface area contributed by atoms with Crippen LogP contribution in [0.4, 0.5) is 5.69 Å². The van der Waals surface area contributed by atoms with Crippen molar-refractivity contribution in [1.29, 1.82) is 0 Å². The van der Waals surface area contributed by atoms with Crippen molar-refractivity contribution in [3.63, 3.8) is 0 Å². The molecule has 2 N–H and O–H groups in total. The van der Waals surface area contributed by atoms with Gasteiger partial charge >= 0.3 is 0 Å². The number of nitrogen functional groups attached to an aromatic ring is 1. The molecule has 2 aromatic heterocycles. The number of aryl methyl sites for hydroxylation is 1. The summed E-state index contributed by atoms with van der Waals surface area (Å²) >= 11 is 0. The third kappa shape index (κ3) is 1.88. The summed E-state index contributed by atoms with van der Waals surface area (Å²) in [6, 6.07) is 16.4. The first-order valence-corrected chi connectivity index (χ1v) is 6.97. The van der Waals surface area contributed by atoms with Crippen LogP contribution in [0.5, 0.6) is 0 Å². The Bertz CT molecular complexity index is 946. The van der Waals surface area contributed by atoms with Gasteiger partial charge in [-0.25, -0.2) is 4.98 Å². The fourth-order valence-corrected chi connectivity index (χ4v) is 2.84. The van der Waals surface area contributed by atoms with Crippen LogP contribution >= 0.6 is 0 Å². The maximum absolute atomic E-state index is 5.84. The van der Waals surface area contributed by atoms with E-state index >= 15 is 0 Å². The van der Waals surface area contributed by atoms with Gasteiger partial charge in [0.1, 0.15) is 5.82 Å². The van der Waals surface area contributed by atoms with E-state index in [1.54, 1.807) is 0 Å². The summed E-state index contributed by atoms with van der Waals surface area (Å²) in [4.78, 5) is 4.72. The number of para-hydroxylation sites is 1. The van der Waals surface area contributed by atoms with Crippen molar-refractivity contribution in [2.75, 3.05) is 5.73 Å². The third-order valence-electron chi connectivity index (χ3n) is 3.99. The van der Waals surface area contributed by atoms with Gasteiger partial charge in [-0.05, 0) is 35.7 Å². The molecule has 2 aromatic carbocycles. The molecule has 0 aliphatic rings. The number of anilines is 1. The summed E-state index contributed by atoms with van der Waals surface area (Å²) < 4.78 is 4.35. The number of imidazole rings is 1. The fourth-order valence-electron chi connectivity index (χ4n) is 2.84. The van der Waals surface area contributed by atoms with Gasteiger partial charge in [0, 0.05) is 24.4 Å². The number of hydrogen-bond donors (Lipinski definition) is 1. The SMILES string of the molecule is Cn1c(Cn2ccc3ccccc32)nc2cc(N)ccc21. The molecule has 4 rings (SSSR count). The van der Waals surface area contributed by atoms with E-state index in [0.29, 0.717) is 0 Å². The predicted molar refractivity (Wildman–Crippen MR) is 86.2 cm³/mol. The van der Waals surface area contributed by atoms with Crippen LogP contribution in [0.1, 0.15) is 5.82 Å². The van der Waals surface area contributed by atoms with Crippen molar-refractivity contribution in [3.8, 4) is 0 Å². The van der Waals surface area contributed by atoms with Crippen LogP contribution in [0.2, 0.25) is 0 Å². The molecule has 104 valence electrons. The molecular formula is C17H16N4. The Balaban J connectivity index is 1.82. The highest BCUT2D eigenvalue weighted by Gasteiger charge is 2.09. The first-order valence-electron chi connectivity index (χ1n) is 6.97. The van der Waals surface area contributed by atoms with Crippen LogP contribution in [0.15, 0.2) is 54.7 Å². The van der Waals surface area contributed by atoms with Gasteiger partial charge in [-0.15, -0.1) is 0 Å². The van der Waals surface area contributed by atoms with Gasteiger partial charge in [-0.1, -0.05) is 18.2 Å². The zero-order chi connectivity index (χ0) is 14.4. The Morgan fingerprint density at radius 2 is 1.90 bits per heavy atom. The molecule has 0 amide bonds. The van der Waals surface area contributed by atoms with Gasteiger partial charge in [0.15, 0.2) is 0 Å². The standard InChI is InChI=1S/C17H16N4/c1-20-16-7-6-13(18)10-14(16)19-17(20)11-21-9-8-12-4-2-3-5-15(12)21/h2-10H,11,18H2,1H3. The molecule has 4 heteroatoms. The van der Waals surface area contributed by atoms with Crippen molar-refractivity contribution in [3.05, 3.63) is 60.6 Å². The van der Waals surface area contributed by atoms with Crippen LogP contribution < -0.4 is 5.73 Å². The summed E-state index contributed by atoms with van der Waals surface area (Å²) in [6.45, 7) is 0.749. The Labute approximate surface area is 122 Å². The van der Waals surface area contributed by atoms with Crippen LogP contribution in [-0.2, 0) is 13.6 Å². The molecule has 0 spiro atoms. The first kappa shape index (κ1) is 12.0. The summed E-state index contributed by atoms with van der Waals surface area (Å²) in [6.07, 6.45) is 2.11. The molecule has 21 heavy (non-hydrogen) atoms. The van der Waals surface area contributed by atoms with E-state index in [-0.39, 0.29) is 0 Å². The third-order valence-corrected chi connectivity index (χ3v) is 3.99. The van der Waals surface area contributed by atoms with E-state index in [2.05, 4.69) is 45.7 Å². The number of rotatable bonds is 2. The van der Waals surface area contributed by atoms with Crippen LogP contribution in [-0.4, -0.2) is 14.1 Å². The summed E-state index contributed by atoms with van der Waals surface area (Å²) in [7, 11) is 2.05. The zero-order valence-corrected chi connectivity index (χ0v) is 11.8. The van der Waals surface area contributed by atoms with E-state index < -0.39 is 0 Å². The van der Waals surface area contributed by atoms with E-state index in [4.69, 9.17) is 10.7 Å². The highest BCUT2D eigenvalue weighted by atomic mass is 15.1. The second-order valence-corrected chi connectivity index (χ2v) is 5.34. The summed E-state index contributed by atoms with van der Waals surface area (Å²) in [5.41, 5.74) is 9.87. The minimum atomic E-state index is 0.749. The molecule has 0 bridgehead atoms. The Morgan fingerprint density at radius 1 is 1.05 bits per heavy atom. The Morgan fingerprint density at radius 3 is 2.81 bits per heavy atom. The van der Waals surface area contributed by atoms with Crippen molar-refractivity contribution in [2.24, 2.45) is 7.05 Å². The molecule has 0 aliphatic carbocycles. The van der Waals surface area contributed by atoms with Gasteiger partial charge < -0.3 is 14.9 Å². The van der Waals surface area contributed by atoms with Gasteiger partial charge in [0.05, 0.1) is 17.6 Å². The highest BCUT2D eigenvalue weighted by Crippen LogP contribution is 2.20. The number of nitrogens with two attached hydrogens (primary N) is 1. The first-order chi connectivity index (χ1) is 10.2. The molecular weight excluding hydrogens is 260 g/mol. The number of hydrogen-bond acceptors (Lipinski definition) is 2. The second kappa shape index (κ2) is 4.38. The van der Waals surface area contributed by atoms with Crippen molar-refractivity contribution >= 4 is 27.6 Å². The normalized spacial score (nSPS) is 11.5. The van der Waals surface area contributed by atoms with E-state index in [0.717, 1.165) is 29.1 Å². The molecule has 0 radical (unpaired) electrons. The lowest BCUT2D eigenvalue weighted by molar-refractivity contribution is 0.728. The number of fused-ring (bicyclic) bond motifs is 2. The van der Waals surface area contributed by atoms with Gasteiger partial charge in [-0.3, -0.25) is 0 Å². The smallest absolute Gasteiger partial charge is 0.129 e. The lowest BCUT2D eigenvalue weighted by Gasteiger charge is -2.06. The van der Waals surface area contributed by atoms with E-state index in [9.17, 15) is 0 Å². The monoisotopic (exact) mass is 276 g/mol. The molecule has 4 aromatic rings. The van der Waals surface area contributed by atoms with Gasteiger partial charge in [-0.2, -0.15) is 0 Å². The molecule has 4 nitrogen and oxygen atoms in total. The average molecular weight is 276 g/mol. The maximum Gasteiger partial charge on any atom is 0.129 e. The number of nitrogens with zero attached hydrogens (tertiary/aromatic N) is 3. The maximum atomic E-state index is 5.84. The molecule has 0 aliphatic heterocycles. The van der Waals surface area contributed by atoms with Crippen LogP contribution in [0, 0.1) is 0 Å². The molecule has 0 saturated carbocycles. The zero-order valence-electron chi connectivity index (χ0n) is 11.8. The van der Waals surface area contributed by atoms with E-state index in [1.165, 1.54) is 10.9 Å². The predicted octanol–water partition coefficient (Wildman–Crippen LogP) is 3.16. The second-order valence-electron chi connectivity index (χ2n) is 5.34. The van der Waals surface area contributed by atoms with Crippen molar-refractivity contribution < 1.29 is 0 Å². The van der Waals surface area contributed by atoms with Crippen molar-refractivity contribution in [2.45, 2.75) is 6.54 Å². The minimum absolute atomic E-state index is 0.749. The Hall–Kier alpha value is -2.75. The quantitative estimate of drug-likeness (QED) is 0.572. The topological polar surface area (TPSA) is 48.8 Å². The fraction of sp³-hybridized carbons (Fsp3) is 0.118. The average Bonchev–Trinajstić information content (AvgIpc) is 3.02. The molecule has 0 fully saturated rings. The minimum Gasteiger partial charge on any atom is -0.399 e.